The van der Waals surface area contributed by atoms with Crippen molar-refractivity contribution >= 4 is 6.03 Å². The normalized spacial score (nSPS) is 22.8. The minimum Gasteiger partial charge on any atom is -0.328 e. The fraction of sp³-hybridized carbons (Fsp3) is 0.438. The van der Waals surface area contributed by atoms with Crippen LogP contribution in [0, 0.1) is 11.6 Å². The van der Waals surface area contributed by atoms with Crippen molar-refractivity contribution in [1.82, 2.24) is 19.7 Å². The van der Waals surface area contributed by atoms with E-state index in [9.17, 15) is 18.4 Å². The molecule has 3 heterocycles. The van der Waals surface area contributed by atoms with Crippen LogP contribution in [0.3, 0.4) is 0 Å². The molecule has 2 aromatic carbocycles. The molecule has 41 heavy (non-hydrogen) atoms. The molecule has 1 aliphatic carbocycles. The Morgan fingerprint density at radius 1 is 0.976 bits per heavy atom. The predicted octanol–water partition coefficient (Wildman–Crippen LogP) is 5.03. The van der Waals surface area contributed by atoms with E-state index in [-0.39, 0.29) is 23.2 Å². The molecule has 3 aliphatic rings. The Labute approximate surface area is 238 Å². The predicted molar refractivity (Wildman–Crippen MR) is 154 cm³/mol. The van der Waals surface area contributed by atoms with Crippen LogP contribution >= 0.6 is 0 Å². The molecule has 1 aromatic heterocycles. The van der Waals surface area contributed by atoms with E-state index in [1.165, 1.54) is 12.1 Å². The summed E-state index contributed by atoms with van der Waals surface area (Å²) in [6.45, 7) is 2.71. The van der Waals surface area contributed by atoms with E-state index in [2.05, 4.69) is 9.88 Å². The van der Waals surface area contributed by atoms with Crippen molar-refractivity contribution in [1.29, 1.82) is 0 Å². The monoisotopic (exact) mass is 561 g/mol. The zero-order chi connectivity index (χ0) is 28.6. The number of nitrogens with zero attached hydrogens (tertiary/aromatic N) is 3. The number of urea groups is 1. The summed E-state index contributed by atoms with van der Waals surface area (Å²) >= 11 is 0. The smallest absolute Gasteiger partial charge is 0.320 e. The second kappa shape index (κ2) is 11.4. The standard InChI is InChI=1S/C32H37F2N5O2/c33-25-16-24(17-26(34)18-25)29-19-27(35)10-13-39(29)31(41)37-14-15-38(32(21-37)11-4-5-12-32)20-23-8-9-28(36-30(23)40)22-6-2-1-3-7-22/h1-3,6-9,16-18,27,29H,4-5,10-15,19-21,35H2,(H,36,40)/t27-,29+/m1/s1. The van der Waals surface area contributed by atoms with Gasteiger partial charge < -0.3 is 20.5 Å². The van der Waals surface area contributed by atoms with Gasteiger partial charge in [-0.3, -0.25) is 9.69 Å². The van der Waals surface area contributed by atoms with Gasteiger partial charge in [0.1, 0.15) is 11.6 Å². The van der Waals surface area contributed by atoms with Crippen molar-refractivity contribution in [3.63, 3.8) is 0 Å². The lowest BCUT2D eigenvalue weighted by atomic mass is 9.90. The Hall–Kier alpha value is -3.56. The van der Waals surface area contributed by atoms with Crippen LogP contribution in [0.4, 0.5) is 13.6 Å². The van der Waals surface area contributed by atoms with E-state index < -0.39 is 17.7 Å². The number of hydrogen-bond acceptors (Lipinski definition) is 4. The van der Waals surface area contributed by atoms with Crippen LogP contribution in [-0.4, -0.2) is 63.5 Å². The molecule has 6 rings (SSSR count). The zero-order valence-electron chi connectivity index (χ0n) is 23.2. The average molecular weight is 562 g/mol. The molecule has 3 N–H and O–H groups in total. The van der Waals surface area contributed by atoms with Gasteiger partial charge in [0.15, 0.2) is 0 Å². The van der Waals surface area contributed by atoms with Gasteiger partial charge >= 0.3 is 6.03 Å². The van der Waals surface area contributed by atoms with Gasteiger partial charge in [-0.15, -0.1) is 0 Å². The van der Waals surface area contributed by atoms with Gasteiger partial charge in [0.25, 0.3) is 5.56 Å². The van der Waals surface area contributed by atoms with Gasteiger partial charge in [0.2, 0.25) is 0 Å². The highest BCUT2D eigenvalue weighted by atomic mass is 19.1. The summed E-state index contributed by atoms with van der Waals surface area (Å²) in [7, 11) is 0. The molecule has 216 valence electrons. The Morgan fingerprint density at radius 2 is 1.71 bits per heavy atom. The van der Waals surface area contributed by atoms with Gasteiger partial charge in [0, 0.05) is 61.6 Å². The van der Waals surface area contributed by atoms with Crippen molar-refractivity contribution in [2.75, 3.05) is 26.2 Å². The number of likely N-dealkylation sites (tertiary alicyclic amines) is 1. The number of amides is 2. The van der Waals surface area contributed by atoms with Gasteiger partial charge in [0.05, 0.1) is 6.04 Å². The molecule has 2 saturated heterocycles. The Bertz CT molecular complexity index is 1440. The first-order chi connectivity index (χ1) is 19.8. The molecule has 0 unspecified atom stereocenters. The molecule has 3 fully saturated rings. The molecular weight excluding hydrogens is 524 g/mol. The number of halogens is 2. The lowest BCUT2D eigenvalue weighted by Crippen LogP contribution is -2.64. The number of piperazine rings is 1. The van der Waals surface area contributed by atoms with E-state index in [4.69, 9.17) is 5.73 Å². The highest BCUT2D eigenvalue weighted by Gasteiger charge is 2.46. The number of aromatic nitrogens is 1. The third-order valence-electron chi connectivity index (χ3n) is 9.20. The lowest BCUT2D eigenvalue weighted by molar-refractivity contribution is -0.00193. The summed E-state index contributed by atoms with van der Waals surface area (Å²) in [6.07, 6.45) is 5.17. The summed E-state index contributed by atoms with van der Waals surface area (Å²) < 4.78 is 28.2. The molecular formula is C32H37F2N5O2. The minimum absolute atomic E-state index is 0.0900. The highest BCUT2D eigenvalue weighted by Crippen LogP contribution is 2.40. The number of nitrogens with one attached hydrogen (secondary N) is 1. The average Bonchev–Trinajstić information content (AvgIpc) is 3.43. The number of aromatic amines is 1. The third-order valence-corrected chi connectivity index (χ3v) is 9.20. The number of nitrogens with two attached hydrogens (primary N) is 1. The largest absolute Gasteiger partial charge is 0.328 e. The van der Waals surface area contributed by atoms with Gasteiger partial charge in [-0.2, -0.15) is 0 Å². The van der Waals surface area contributed by atoms with Crippen molar-refractivity contribution in [3.05, 3.63) is 93.8 Å². The van der Waals surface area contributed by atoms with Crippen LogP contribution in [-0.2, 0) is 6.54 Å². The summed E-state index contributed by atoms with van der Waals surface area (Å²) in [5.41, 5.74) is 8.87. The Morgan fingerprint density at radius 3 is 2.41 bits per heavy atom. The SMILES string of the molecule is N[C@@H]1CCN(C(=O)N2CCN(Cc3ccc(-c4ccccc4)[nH]c3=O)C3(CCCC3)C2)[C@H](c2cc(F)cc(F)c2)C1. The first kappa shape index (κ1) is 27.6. The number of benzene rings is 2. The van der Waals surface area contributed by atoms with E-state index in [1.54, 1.807) is 4.90 Å². The maximum absolute atomic E-state index is 14.1. The number of carbonyl (C=O) groups is 1. The topological polar surface area (TPSA) is 85.7 Å². The molecule has 7 nitrogen and oxygen atoms in total. The number of pyridine rings is 1. The highest BCUT2D eigenvalue weighted by molar-refractivity contribution is 5.75. The van der Waals surface area contributed by atoms with Crippen LogP contribution in [0.25, 0.3) is 11.3 Å². The minimum atomic E-state index is -0.656. The van der Waals surface area contributed by atoms with Gasteiger partial charge in [-0.1, -0.05) is 49.2 Å². The first-order valence-electron chi connectivity index (χ1n) is 14.6. The second-order valence-electron chi connectivity index (χ2n) is 11.8. The lowest BCUT2D eigenvalue weighted by Gasteiger charge is -2.51. The molecule has 0 radical (unpaired) electrons. The number of piperidine rings is 1. The molecule has 0 bridgehead atoms. The summed E-state index contributed by atoms with van der Waals surface area (Å²) in [6, 6.07) is 16.4. The Balaban J connectivity index is 1.20. The molecule has 9 heteroatoms. The summed E-state index contributed by atoms with van der Waals surface area (Å²) in [4.78, 5) is 36.2. The van der Waals surface area contributed by atoms with E-state index >= 15 is 0 Å². The van der Waals surface area contributed by atoms with Crippen molar-refractivity contribution in [2.24, 2.45) is 5.73 Å². The van der Waals surface area contributed by atoms with E-state index in [1.807, 2.05) is 47.4 Å². The number of hydrogen-bond donors (Lipinski definition) is 2. The third kappa shape index (κ3) is 5.65. The van der Waals surface area contributed by atoms with E-state index in [0.29, 0.717) is 56.7 Å². The maximum atomic E-state index is 14.1. The maximum Gasteiger partial charge on any atom is 0.320 e. The van der Waals surface area contributed by atoms with Crippen LogP contribution in [0.15, 0.2) is 65.5 Å². The van der Waals surface area contributed by atoms with Crippen molar-refractivity contribution in [3.8, 4) is 11.3 Å². The number of H-pyrrole nitrogens is 1. The molecule has 1 saturated carbocycles. The fourth-order valence-corrected chi connectivity index (χ4v) is 7.04. The molecule has 3 aromatic rings. The van der Waals surface area contributed by atoms with Gasteiger partial charge in [-0.05, 0) is 55.0 Å². The van der Waals surface area contributed by atoms with Crippen LogP contribution < -0.4 is 11.3 Å². The molecule has 1 spiro atoms. The van der Waals surface area contributed by atoms with Gasteiger partial charge in [-0.25, -0.2) is 13.6 Å². The van der Waals surface area contributed by atoms with Crippen LogP contribution in [0.2, 0.25) is 0 Å². The Kier molecular flexibility index (Phi) is 7.66. The van der Waals surface area contributed by atoms with Crippen LogP contribution in [0.1, 0.15) is 55.7 Å². The quantitative estimate of drug-likeness (QED) is 0.468. The fourth-order valence-electron chi connectivity index (χ4n) is 7.04. The molecule has 2 amide bonds. The zero-order valence-corrected chi connectivity index (χ0v) is 23.2. The van der Waals surface area contributed by atoms with Crippen molar-refractivity contribution in [2.45, 2.75) is 62.7 Å². The number of rotatable bonds is 4. The number of carbonyl (C=O) groups excluding carboxylic acids is 1. The summed E-state index contributed by atoms with van der Waals surface area (Å²) in [5.74, 6) is -1.31. The van der Waals surface area contributed by atoms with E-state index in [0.717, 1.165) is 43.0 Å². The summed E-state index contributed by atoms with van der Waals surface area (Å²) in [5, 5.41) is 0. The second-order valence-corrected chi connectivity index (χ2v) is 11.8. The van der Waals surface area contributed by atoms with Crippen molar-refractivity contribution < 1.29 is 13.6 Å². The molecule has 2 aliphatic heterocycles. The molecule has 2 atom stereocenters. The first-order valence-corrected chi connectivity index (χ1v) is 14.6. The van der Waals surface area contributed by atoms with Crippen LogP contribution in [0.5, 0.6) is 0 Å².